The molecular formula is C35H61BN6O8S. The van der Waals surface area contributed by atoms with Crippen molar-refractivity contribution in [3.63, 3.8) is 0 Å². The van der Waals surface area contributed by atoms with E-state index < -0.39 is 5.87 Å². The molecule has 0 aliphatic heterocycles. The largest absolute Gasteiger partial charge is 0.470 e. The topological polar surface area (TPSA) is 206 Å². The second-order valence-electron chi connectivity index (χ2n) is 11.9. The number of nitrogens with zero attached hydrogens (tertiary/aromatic N) is 1. The summed E-state index contributed by atoms with van der Waals surface area (Å²) in [5.74, 6) is -0.623. The molecule has 51 heavy (non-hydrogen) atoms. The van der Waals surface area contributed by atoms with Gasteiger partial charge in [-0.1, -0.05) is 53.2 Å². The fourth-order valence-electron chi connectivity index (χ4n) is 3.66. The zero-order valence-electron chi connectivity index (χ0n) is 31.7. The van der Waals surface area contributed by atoms with Crippen molar-refractivity contribution >= 4 is 68.0 Å². The van der Waals surface area contributed by atoms with Crippen LogP contribution in [0, 0.1) is 5.92 Å². The molecule has 0 spiro atoms. The maximum Gasteiger partial charge on any atom is 0.243 e. The van der Waals surface area contributed by atoms with Crippen molar-refractivity contribution in [2.24, 2.45) is 11.7 Å². The maximum absolute atomic E-state index is 12.1. The first-order chi connectivity index (χ1) is 24.1. The smallest absolute Gasteiger partial charge is 0.243 e. The molecule has 1 rings (SSSR count). The van der Waals surface area contributed by atoms with Crippen LogP contribution in [0.3, 0.4) is 0 Å². The second kappa shape index (κ2) is 34.5. The number of hydrogen-bond acceptors (Lipinski definition) is 10. The van der Waals surface area contributed by atoms with Gasteiger partial charge in [0, 0.05) is 38.2 Å². The van der Waals surface area contributed by atoms with Crippen LogP contribution in [0.1, 0.15) is 85.6 Å². The van der Waals surface area contributed by atoms with Gasteiger partial charge in [-0.15, -0.1) is 11.8 Å². The van der Waals surface area contributed by atoms with Crippen molar-refractivity contribution < 1.29 is 38.3 Å². The molecular weight excluding hydrogens is 675 g/mol. The molecule has 1 aromatic rings. The molecule has 0 bridgehead atoms. The Labute approximate surface area is 310 Å². The summed E-state index contributed by atoms with van der Waals surface area (Å²) in [5.41, 5.74) is 5.49. The van der Waals surface area contributed by atoms with E-state index in [1.165, 1.54) is 18.2 Å². The Balaban J connectivity index is -0.000000767. The molecule has 2 atom stereocenters. The number of ether oxygens (including phenoxy) is 1. The monoisotopic (exact) mass is 736 g/mol. The molecule has 6 N–H and O–H groups in total. The summed E-state index contributed by atoms with van der Waals surface area (Å²) < 4.78 is 4.60. The third-order valence-electron chi connectivity index (χ3n) is 6.65. The summed E-state index contributed by atoms with van der Waals surface area (Å²) in [6.07, 6.45) is 6.22. The minimum atomic E-state index is -0.840. The van der Waals surface area contributed by atoms with Gasteiger partial charge in [0.1, 0.15) is 12.9 Å². The summed E-state index contributed by atoms with van der Waals surface area (Å²) in [6, 6.07) is 6.87. The molecule has 0 aliphatic carbocycles. The van der Waals surface area contributed by atoms with Crippen LogP contribution in [-0.2, 0) is 40.1 Å². The third kappa shape index (κ3) is 34.3. The van der Waals surface area contributed by atoms with Crippen LogP contribution in [0.5, 0.6) is 0 Å². The molecule has 0 saturated carbocycles. The summed E-state index contributed by atoms with van der Waals surface area (Å²) in [4.78, 5) is 76.9. The fourth-order valence-corrected chi connectivity index (χ4v) is 4.67. The number of primary amides is 1. The van der Waals surface area contributed by atoms with E-state index in [-0.39, 0.29) is 55.0 Å². The van der Waals surface area contributed by atoms with Crippen molar-refractivity contribution in [2.45, 2.75) is 103 Å². The van der Waals surface area contributed by atoms with E-state index in [2.05, 4.69) is 52.5 Å². The zero-order valence-corrected chi connectivity index (χ0v) is 32.5. The molecule has 5 amide bonds. The number of benzene rings is 1. The lowest BCUT2D eigenvalue weighted by Crippen LogP contribution is -2.35. The van der Waals surface area contributed by atoms with E-state index in [0.29, 0.717) is 36.2 Å². The van der Waals surface area contributed by atoms with Gasteiger partial charge in [0.05, 0.1) is 11.8 Å². The number of carbonyl (C=O) groups is 7. The van der Waals surface area contributed by atoms with Crippen molar-refractivity contribution in [3.05, 3.63) is 29.8 Å². The first-order valence-electron chi connectivity index (χ1n) is 17.0. The number of hydrogen-bond donors (Lipinski definition) is 5. The summed E-state index contributed by atoms with van der Waals surface area (Å²) >= 11 is 1.53. The quantitative estimate of drug-likeness (QED) is 0.0708. The number of thioether (sulfide) groups is 1. The molecule has 0 fully saturated rings. The zero-order chi connectivity index (χ0) is 39.6. The molecule has 2 unspecified atom stereocenters. The average Bonchev–Trinajstić information content (AvgIpc) is 3.07. The van der Waals surface area contributed by atoms with Crippen LogP contribution in [0.25, 0.3) is 0 Å². The minimum Gasteiger partial charge on any atom is -0.470 e. The number of aldehydes is 1. The van der Waals surface area contributed by atoms with E-state index in [1.807, 2.05) is 27.8 Å². The lowest BCUT2D eigenvalue weighted by atomic mass is 10.1. The van der Waals surface area contributed by atoms with Gasteiger partial charge in [-0.3, -0.25) is 28.8 Å². The van der Waals surface area contributed by atoms with Crippen LogP contribution >= 0.6 is 11.8 Å². The molecule has 14 nitrogen and oxygen atoms in total. The van der Waals surface area contributed by atoms with Crippen LogP contribution < -0.4 is 27.0 Å². The lowest BCUT2D eigenvalue weighted by Gasteiger charge is -2.20. The number of nitrogens with two attached hydrogens (primary N) is 1. The predicted octanol–water partition coefficient (Wildman–Crippen LogP) is 3.16. The standard InChI is InChI=1S/C19H36N2O3S.C11H11BN2O4.C4H11N.CH3NO/c1-14(2)16(5)20-18(23)10-8-7-9-11-21(6)19(24)12-17(13-22)25-15(3)4;12-11(17)18-6-8-1-3-9(4-2-8)14-10(16)5-13-7-15;1-3-4-5-2;2-1-3/h13-17H,7-12H2,1-6H3,(H,20,23);1-4,7H,5-6H2,(H,13,15)(H,14,16);5H,3-4H2,1-2H3;1H,(H2,2,3). The van der Waals surface area contributed by atoms with Crippen LogP contribution in [0.2, 0.25) is 0 Å². The van der Waals surface area contributed by atoms with E-state index >= 15 is 0 Å². The Morgan fingerprint density at radius 1 is 0.980 bits per heavy atom. The van der Waals surface area contributed by atoms with Crippen molar-refractivity contribution in [3.8, 4) is 0 Å². The predicted molar refractivity (Wildman–Crippen MR) is 205 cm³/mol. The maximum atomic E-state index is 12.1. The highest BCUT2D eigenvalue weighted by Crippen LogP contribution is 2.19. The Morgan fingerprint density at radius 2 is 1.59 bits per heavy atom. The summed E-state index contributed by atoms with van der Waals surface area (Å²) in [6.45, 7) is 14.2. The van der Waals surface area contributed by atoms with Gasteiger partial charge in [-0.05, 0) is 68.6 Å². The highest BCUT2D eigenvalue weighted by atomic mass is 32.2. The number of nitrogens with one attached hydrogen (secondary N) is 4. The van der Waals surface area contributed by atoms with Gasteiger partial charge in [0.15, 0.2) is 0 Å². The number of unbranched alkanes of at least 4 members (excludes halogenated alkanes) is 2. The molecule has 16 heteroatoms. The molecule has 1 aromatic carbocycles. The highest BCUT2D eigenvalue weighted by Gasteiger charge is 2.18. The molecule has 2 radical (unpaired) electrons. The van der Waals surface area contributed by atoms with Crippen molar-refractivity contribution in [1.29, 1.82) is 0 Å². The third-order valence-corrected chi connectivity index (χ3v) is 7.82. The number of amides is 5. The molecule has 0 aromatic heterocycles. The molecule has 0 saturated heterocycles. The van der Waals surface area contributed by atoms with Gasteiger partial charge in [-0.2, -0.15) is 0 Å². The Bertz CT molecular complexity index is 1110. The summed E-state index contributed by atoms with van der Waals surface area (Å²) in [5, 5.41) is 10.9. The van der Waals surface area contributed by atoms with Gasteiger partial charge >= 0.3 is 0 Å². The average molecular weight is 737 g/mol. The first-order valence-corrected chi connectivity index (χ1v) is 18.0. The fraction of sp³-hybridized carbons (Fsp3) is 0.629. The van der Waals surface area contributed by atoms with E-state index in [0.717, 1.165) is 37.7 Å². The Morgan fingerprint density at radius 3 is 2.04 bits per heavy atom. The van der Waals surface area contributed by atoms with Crippen molar-refractivity contribution in [2.75, 3.05) is 39.0 Å². The highest BCUT2D eigenvalue weighted by molar-refractivity contribution is 8.01. The number of anilines is 1. The van der Waals surface area contributed by atoms with Gasteiger partial charge < -0.3 is 41.4 Å². The van der Waals surface area contributed by atoms with Crippen LogP contribution in [0.4, 0.5) is 10.5 Å². The SMILES string of the molecule is CC(C)SC(C=O)CC(=O)N(C)CCCCCC(=O)NC(C)C(C)C.CCCNC.NC=O.[B]C(=O)OCc1ccc(NC(=O)CNC=O)cc1. The van der Waals surface area contributed by atoms with Gasteiger partial charge in [0.25, 0.3) is 0 Å². The first kappa shape index (κ1) is 51.5. The van der Waals surface area contributed by atoms with Crippen LogP contribution in [0.15, 0.2) is 24.3 Å². The molecule has 288 valence electrons. The minimum absolute atomic E-state index is 0.00810. The lowest BCUT2D eigenvalue weighted by molar-refractivity contribution is -0.130. The summed E-state index contributed by atoms with van der Waals surface area (Å²) in [7, 11) is 8.57. The normalized spacial score (nSPS) is 11.0. The molecule has 0 aliphatic rings. The second-order valence-corrected chi connectivity index (χ2v) is 13.7. The van der Waals surface area contributed by atoms with Gasteiger partial charge in [-0.25, -0.2) is 0 Å². The van der Waals surface area contributed by atoms with Crippen molar-refractivity contribution in [1.82, 2.24) is 20.9 Å². The molecule has 0 heterocycles. The van der Waals surface area contributed by atoms with E-state index in [9.17, 15) is 28.8 Å². The van der Waals surface area contributed by atoms with E-state index in [1.54, 1.807) is 36.2 Å². The number of carbonyl (C=O) groups excluding carboxylic acids is 7. The Kier molecular flexibility index (Phi) is 34.8. The van der Waals surface area contributed by atoms with E-state index in [4.69, 9.17) is 12.6 Å². The number of rotatable bonds is 21. The van der Waals surface area contributed by atoms with Gasteiger partial charge in [0.2, 0.25) is 44.3 Å². The Hall–Kier alpha value is -3.92. The van der Waals surface area contributed by atoms with Crippen LogP contribution in [-0.4, -0.2) is 106 Å².